The Morgan fingerprint density at radius 3 is 2.83 bits per heavy atom. The van der Waals surface area contributed by atoms with Crippen molar-refractivity contribution in [2.24, 2.45) is 5.41 Å². The molecule has 1 unspecified atom stereocenters. The van der Waals surface area contributed by atoms with Gasteiger partial charge in [0.25, 0.3) is 0 Å². The lowest BCUT2D eigenvalue weighted by Gasteiger charge is -2.38. The molecular formula is C26H26BrClN4O3S. The summed E-state index contributed by atoms with van der Waals surface area (Å²) in [5.74, 6) is 1.64. The van der Waals surface area contributed by atoms with E-state index in [2.05, 4.69) is 35.1 Å². The fourth-order valence-electron chi connectivity index (χ4n) is 4.73. The van der Waals surface area contributed by atoms with Crippen LogP contribution in [0.4, 0.5) is 5.95 Å². The third kappa shape index (κ3) is 4.76. The minimum Gasteiger partial charge on any atom is -0.503 e. The Kier molecular flexibility index (Phi) is 6.82. The summed E-state index contributed by atoms with van der Waals surface area (Å²) >= 11 is 11.3. The zero-order chi connectivity index (χ0) is 25.6. The molecule has 2 heterocycles. The molecule has 5 rings (SSSR count). The van der Waals surface area contributed by atoms with Crippen molar-refractivity contribution >= 4 is 51.0 Å². The molecular weight excluding hydrogens is 564 g/mol. The van der Waals surface area contributed by atoms with Crippen LogP contribution in [0.1, 0.15) is 50.8 Å². The maximum absolute atomic E-state index is 13.5. The Morgan fingerprint density at radius 2 is 2.08 bits per heavy atom. The number of nitrogens with zero attached hydrogens (tertiary/aromatic N) is 3. The molecule has 1 aliphatic heterocycles. The molecule has 0 bridgehead atoms. The quantitative estimate of drug-likeness (QED) is 0.308. The number of carbonyl (C=O) groups excluding carboxylic acids is 1. The van der Waals surface area contributed by atoms with Crippen LogP contribution in [0.2, 0.25) is 5.02 Å². The van der Waals surface area contributed by atoms with E-state index >= 15 is 0 Å². The number of phenols is 1. The third-order valence-electron chi connectivity index (χ3n) is 6.29. The van der Waals surface area contributed by atoms with E-state index in [0.29, 0.717) is 50.7 Å². The van der Waals surface area contributed by atoms with Gasteiger partial charge < -0.3 is 15.2 Å². The number of benzene rings is 2. The first-order chi connectivity index (χ1) is 17.2. The van der Waals surface area contributed by atoms with Gasteiger partial charge in [0, 0.05) is 28.5 Å². The minimum absolute atomic E-state index is 0.0228. The van der Waals surface area contributed by atoms with Gasteiger partial charge in [-0.15, -0.1) is 5.10 Å². The van der Waals surface area contributed by atoms with Gasteiger partial charge in [-0.25, -0.2) is 4.68 Å². The summed E-state index contributed by atoms with van der Waals surface area (Å²) in [5.41, 5.74) is 3.16. The molecule has 0 radical (unpaired) electrons. The highest BCUT2D eigenvalue weighted by Gasteiger charge is 2.42. The lowest BCUT2D eigenvalue weighted by Crippen LogP contribution is -2.36. The minimum atomic E-state index is -0.502. The molecule has 1 aliphatic carbocycles. The van der Waals surface area contributed by atoms with E-state index in [0.717, 1.165) is 23.2 Å². The van der Waals surface area contributed by atoms with E-state index < -0.39 is 6.04 Å². The predicted octanol–water partition coefficient (Wildman–Crippen LogP) is 6.75. The van der Waals surface area contributed by atoms with Gasteiger partial charge in [0.15, 0.2) is 17.3 Å². The van der Waals surface area contributed by atoms with E-state index in [1.54, 1.807) is 10.7 Å². The van der Waals surface area contributed by atoms with Crippen LogP contribution in [0.15, 0.2) is 57.3 Å². The summed E-state index contributed by atoms with van der Waals surface area (Å²) in [6.07, 6.45) is 1.16. The fourth-order valence-corrected chi connectivity index (χ4v) is 6.31. The second-order valence-corrected chi connectivity index (χ2v) is 11.9. The Balaban J connectivity index is 1.58. The van der Waals surface area contributed by atoms with E-state index in [-0.39, 0.29) is 16.9 Å². The van der Waals surface area contributed by atoms with E-state index in [4.69, 9.17) is 26.4 Å². The maximum Gasteiger partial charge on any atom is 0.227 e. The van der Waals surface area contributed by atoms with Gasteiger partial charge in [0.2, 0.25) is 11.1 Å². The highest BCUT2D eigenvalue weighted by atomic mass is 79.9. The van der Waals surface area contributed by atoms with Crippen LogP contribution >= 0.6 is 39.3 Å². The highest BCUT2D eigenvalue weighted by Crippen LogP contribution is 2.48. The summed E-state index contributed by atoms with van der Waals surface area (Å²) in [5, 5.41) is 20.0. The monoisotopic (exact) mass is 588 g/mol. The van der Waals surface area contributed by atoms with Gasteiger partial charge in [-0.2, -0.15) is 4.98 Å². The third-order valence-corrected chi connectivity index (χ3v) is 8.15. The number of thioether (sulfide) groups is 1. The molecule has 3 aromatic rings. The van der Waals surface area contributed by atoms with Crippen molar-refractivity contribution in [2.45, 2.75) is 50.6 Å². The Hall–Kier alpha value is -2.49. The van der Waals surface area contributed by atoms with E-state index in [9.17, 15) is 9.90 Å². The molecule has 10 heteroatoms. The van der Waals surface area contributed by atoms with Gasteiger partial charge in [0.1, 0.15) is 6.04 Å². The molecule has 0 spiro atoms. The van der Waals surface area contributed by atoms with Crippen molar-refractivity contribution in [2.75, 3.05) is 11.9 Å². The Bertz CT molecular complexity index is 1390. The summed E-state index contributed by atoms with van der Waals surface area (Å²) in [4.78, 5) is 18.2. The maximum atomic E-state index is 13.5. The average molecular weight is 590 g/mol. The van der Waals surface area contributed by atoms with Crippen LogP contribution < -0.4 is 10.1 Å². The standard InChI is InChI=1S/C26H26BrClN4O3S/c1-4-35-20-10-15(9-16(27)23(20)34)22-21-18(11-26(2,3)12-19(21)33)29-24-30-25(31-32(22)24)36-13-14-7-5-6-8-17(14)28/h5-10,22,34H,4,11-13H2,1-3H3,(H,29,30,31). The summed E-state index contributed by atoms with van der Waals surface area (Å²) in [6, 6.07) is 10.8. The number of rotatable bonds is 6. The molecule has 36 heavy (non-hydrogen) atoms. The number of aromatic hydroxyl groups is 1. The second kappa shape index (κ2) is 9.76. The van der Waals surface area contributed by atoms with Crippen LogP contribution in [0, 0.1) is 5.41 Å². The van der Waals surface area contributed by atoms with Crippen molar-refractivity contribution in [3.05, 3.63) is 68.3 Å². The fraction of sp³-hybridized carbons (Fsp3) is 0.346. The Morgan fingerprint density at radius 1 is 1.31 bits per heavy atom. The van der Waals surface area contributed by atoms with Gasteiger partial charge in [-0.3, -0.25) is 4.79 Å². The number of phenolic OH excluding ortho intramolecular Hbond substituents is 1. The van der Waals surface area contributed by atoms with E-state index in [1.165, 1.54) is 11.8 Å². The van der Waals surface area contributed by atoms with Crippen LogP contribution in [-0.2, 0) is 10.5 Å². The molecule has 7 nitrogen and oxygen atoms in total. The number of anilines is 1. The number of halogens is 2. The van der Waals surface area contributed by atoms with Crippen molar-refractivity contribution in [1.82, 2.24) is 14.8 Å². The summed E-state index contributed by atoms with van der Waals surface area (Å²) in [6.45, 7) is 6.45. The lowest BCUT2D eigenvalue weighted by molar-refractivity contribution is -0.118. The number of Topliss-reactive ketones (excluding diaryl/α,β-unsaturated/α-hetero) is 1. The number of aromatic nitrogens is 3. The zero-order valence-electron chi connectivity index (χ0n) is 20.1. The Labute approximate surface area is 227 Å². The smallest absolute Gasteiger partial charge is 0.227 e. The topological polar surface area (TPSA) is 89.3 Å². The first kappa shape index (κ1) is 25.2. The van der Waals surface area contributed by atoms with Crippen molar-refractivity contribution in [3.8, 4) is 11.5 Å². The largest absolute Gasteiger partial charge is 0.503 e. The van der Waals surface area contributed by atoms with Crippen molar-refractivity contribution in [3.63, 3.8) is 0 Å². The number of fused-ring (bicyclic) bond motifs is 1. The summed E-state index contributed by atoms with van der Waals surface area (Å²) < 4.78 is 7.93. The van der Waals surface area contributed by atoms with E-state index in [1.807, 2.05) is 37.3 Å². The molecule has 2 N–H and O–H groups in total. The number of nitrogens with one attached hydrogen (secondary N) is 1. The number of ether oxygens (including phenoxy) is 1. The normalized spacial score (nSPS) is 18.5. The number of carbonyl (C=O) groups is 1. The number of hydrogen-bond donors (Lipinski definition) is 2. The van der Waals surface area contributed by atoms with Crippen molar-refractivity contribution < 1.29 is 14.6 Å². The van der Waals surface area contributed by atoms with Crippen LogP contribution in [0.3, 0.4) is 0 Å². The number of hydrogen-bond acceptors (Lipinski definition) is 7. The van der Waals surface area contributed by atoms with Gasteiger partial charge in [-0.1, -0.05) is 55.4 Å². The van der Waals surface area contributed by atoms with Gasteiger partial charge in [-0.05, 0) is 64.0 Å². The molecule has 1 atom stereocenters. The molecule has 0 saturated heterocycles. The zero-order valence-corrected chi connectivity index (χ0v) is 23.3. The van der Waals surface area contributed by atoms with Crippen molar-refractivity contribution in [1.29, 1.82) is 0 Å². The number of ketones is 1. The molecule has 0 fully saturated rings. The predicted molar refractivity (Wildman–Crippen MR) is 145 cm³/mol. The average Bonchev–Trinajstić information content (AvgIpc) is 3.21. The molecule has 188 valence electrons. The molecule has 2 aliphatic rings. The lowest BCUT2D eigenvalue weighted by atomic mass is 9.73. The highest BCUT2D eigenvalue weighted by molar-refractivity contribution is 9.10. The second-order valence-electron chi connectivity index (χ2n) is 9.69. The first-order valence-electron chi connectivity index (χ1n) is 11.7. The van der Waals surface area contributed by atoms with Crippen LogP contribution in [0.5, 0.6) is 11.5 Å². The van der Waals surface area contributed by atoms with Gasteiger partial charge >= 0.3 is 0 Å². The first-order valence-corrected chi connectivity index (χ1v) is 13.8. The summed E-state index contributed by atoms with van der Waals surface area (Å²) in [7, 11) is 0. The SMILES string of the molecule is CCOc1cc(C2C3=C(CC(C)(C)CC3=O)Nc3nc(SCc4ccccc4Cl)nn32)cc(Br)c1O. The molecule has 2 aromatic carbocycles. The van der Waals surface area contributed by atoms with Gasteiger partial charge in [0.05, 0.1) is 11.1 Å². The molecule has 0 saturated carbocycles. The number of allylic oxidation sites excluding steroid dienone is 2. The van der Waals surface area contributed by atoms with Crippen LogP contribution in [0.25, 0.3) is 0 Å². The molecule has 1 aromatic heterocycles. The van der Waals surface area contributed by atoms with Crippen LogP contribution in [-0.4, -0.2) is 32.3 Å². The molecule has 0 amide bonds.